The van der Waals surface area contributed by atoms with Gasteiger partial charge in [-0.15, -0.1) is 12.4 Å². The van der Waals surface area contributed by atoms with Crippen molar-refractivity contribution in [2.45, 2.75) is 19.4 Å². The molecule has 0 amide bonds. The number of benzene rings is 1. The lowest BCUT2D eigenvalue weighted by atomic mass is 9.96. The highest BCUT2D eigenvalue weighted by Crippen LogP contribution is 2.18. The van der Waals surface area contributed by atoms with Crippen molar-refractivity contribution in [3.05, 3.63) is 35.9 Å². The predicted molar refractivity (Wildman–Crippen MR) is 75.6 cm³/mol. The first kappa shape index (κ1) is 14.5. The van der Waals surface area contributed by atoms with Gasteiger partial charge in [0, 0.05) is 6.54 Å². The summed E-state index contributed by atoms with van der Waals surface area (Å²) in [7, 11) is 2.05. The van der Waals surface area contributed by atoms with Gasteiger partial charge in [0.25, 0.3) is 0 Å². The third kappa shape index (κ3) is 4.66. The van der Waals surface area contributed by atoms with E-state index in [-0.39, 0.29) is 12.4 Å². The van der Waals surface area contributed by atoms with E-state index < -0.39 is 0 Å². The molecule has 1 heterocycles. The number of piperidine rings is 1. The summed E-state index contributed by atoms with van der Waals surface area (Å²) >= 11 is 0. The Morgan fingerprint density at radius 3 is 2.41 bits per heavy atom. The maximum absolute atomic E-state index is 3.28. The summed E-state index contributed by atoms with van der Waals surface area (Å²) < 4.78 is 0. The molecule has 1 fully saturated rings. The van der Waals surface area contributed by atoms with Crippen LogP contribution < -0.4 is 5.32 Å². The van der Waals surface area contributed by atoms with Crippen molar-refractivity contribution in [1.82, 2.24) is 10.2 Å². The molecule has 0 saturated carbocycles. The summed E-state index contributed by atoms with van der Waals surface area (Å²) in [6, 6.07) is 10.8. The summed E-state index contributed by atoms with van der Waals surface area (Å²) in [5, 5.41) is 3.28. The van der Waals surface area contributed by atoms with E-state index in [4.69, 9.17) is 0 Å². The van der Waals surface area contributed by atoms with Crippen molar-refractivity contribution in [2.75, 3.05) is 26.7 Å². The molecule has 0 aliphatic carbocycles. The standard InChI is InChI=1S/C14H22N2.ClH/c1-15-11-13-7-9-16(10-8-13)12-14-5-3-2-4-6-14;/h2-6,13,15H,7-12H2,1H3;1H. The Hall–Kier alpha value is -0.570. The number of nitrogens with zero attached hydrogens (tertiary/aromatic N) is 1. The zero-order valence-electron chi connectivity index (χ0n) is 10.6. The number of hydrogen-bond acceptors (Lipinski definition) is 2. The van der Waals surface area contributed by atoms with Gasteiger partial charge >= 0.3 is 0 Å². The molecule has 1 N–H and O–H groups in total. The third-order valence-electron chi connectivity index (χ3n) is 3.45. The molecular weight excluding hydrogens is 232 g/mol. The minimum absolute atomic E-state index is 0. The van der Waals surface area contributed by atoms with Crippen LogP contribution in [0.2, 0.25) is 0 Å². The van der Waals surface area contributed by atoms with Gasteiger partial charge in [-0.05, 0) is 51.0 Å². The van der Waals surface area contributed by atoms with Gasteiger partial charge in [0.1, 0.15) is 0 Å². The van der Waals surface area contributed by atoms with Crippen LogP contribution >= 0.6 is 12.4 Å². The first-order valence-corrected chi connectivity index (χ1v) is 6.29. The van der Waals surface area contributed by atoms with Crippen LogP contribution in [0.4, 0.5) is 0 Å². The number of nitrogens with one attached hydrogen (secondary N) is 1. The van der Waals surface area contributed by atoms with Gasteiger partial charge in [0.15, 0.2) is 0 Å². The smallest absolute Gasteiger partial charge is 0.0233 e. The monoisotopic (exact) mass is 254 g/mol. The molecule has 3 heteroatoms. The minimum Gasteiger partial charge on any atom is -0.319 e. The van der Waals surface area contributed by atoms with Crippen molar-refractivity contribution >= 4 is 12.4 Å². The topological polar surface area (TPSA) is 15.3 Å². The predicted octanol–water partition coefficient (Wildman–Crippen LogP) is 2.54. The maximum atomic E-state index is 3.28. The Morgan fingerprint density at radius 1 is 1.18 bits per heavy atom. The molecule has 1 aliphatic heterocycles. The molecule has 1 saturated heterocycles. The Bertz CT molecular complexity index is 294. The Balaban J connectivity index is 0.00000144. The highest BCUT2D eigenvalue weighted by Gasteiger charge is 2.18. The highest BCUT2D eigenvalue weighted by molar-refractivity contribution is 5.85. The SMILES string of the molecule is CNCC1CCN(Cc2ccccc2)CC1.Cl. The fraction of sp³-hybridized carbons (Fsp3) is 0.571. The van der Waals surface area contributed by atoms with E-state index in [1.54, 1.807) is 0 Å². The molecule has 1 aromatic carbocycles. The number of likely N-dealkylation sites (tertiary alicyclic amines) is 1. The van der Waals surface area contributed by atoms with Gasteiger partial charge < -0.3 is 5.32 Å². The van der Waals surface area contributed by atoms with Crippen molar-refractivity contribution in [2.24, 2.45) is 5.92 Å². The highest BCUT2D eigenvalue weighted by atomic mass is 35.5. The van der Waals surface area contributed by atoms with Crippen molar-refractivity contribution in [1.29, 1.82) is 0 Å². The van der Waals surface area contributed by atoms with Gasteiger partial charge in [-0.1, -0.05) is 30.3 Å². The van der Waals surface area contributed by atoms with Crippen molar-refractivity contribution in [3.63, 3.8) is 0 Å². The maximum Gasteiger partial charge on any atom is 0.0233 e. The normalized spacial score (nSPS) is 17.7. The fourth-order valence-corrected chi connectivity index (χ4v) is 2.48. The second-order valence-corrected chi connectivity index (χ2v) is 4.76. The molecule has 1 aliphatic rings. The lowest BCUT2D eigenvalue weighted by Crippen LogP contribution is -2.36. The molecule has 0 spiro atoms. The van der Waals surface area contributed by atoms with Crippen LogP contribution in [-0.2, 0) is 6.54 Å². The molecule has 0 aromatic heterocycles. The van der Waals surface area contributed by atoms with E-state index in [1.807, 2.05) is 0 Å². The van der Waals surface area contributed by atoms with Crippen LogP contribution in [0.1, 0.15) is 18.4 Å². The zero-order chi connectivity index (χ0) is 11.2. The average molecular weight is 255 g/mol. The number of rotatable bonds is 4. The minimum atomic E-state index is 0. The van der Waals surface area contributed by atoms with Crippen LogP contribution in [0.5, 0.6) is 0 Å². The van der Waals surface area contributed by atoms with Gasteiger partial charge in [0.2, 0.25) is 0 Å². The van der Waals surface area contributed by atoms with E-state index in [2.05, 4.69) is 47.6 Å². The lowest BCUT2D eigenvalue weighted by Gasteiger charge is -2.31. The van der Waals surface area contributed by atoms with E-state index in [1.165, 1.54) is 38.0 Å². The lowest BCUT2D eigenvalue weighted by molar-refractivity contribution is 0.177. The van der Waals surface area contributed by atoms with E-state index >= 15 is 0 Å². The van der Waals surface area contributed by atoms with Crippen molar-refractivity contribution in [3.8, 4) is 0 Å². The third-order valence-corrected chi connectivity index (χ3v) is 3.45. The quantitative estimate of drug-likeness (QED) is 0.889. The van der Waals surface area contributed by atoms with Crippen molar-refractivity contribution < 1.29 is 0 Å². The molecule has 1 aromatic rings. The summed E-state index contributed by atoms with van der Waals surface area (Å²) in [6.07, 6.45) is 2.68. The molecule has 0 unspecified atom stereocenters. The summed E-state index contributed by atoms with van der Waals surface area (Å²) in [5.41, 5.74) is 1.44. The molecule has 96 valence electrons. The molecule has 0 atom stereocenters. The van der Waals surface area contributed by atoms with Crippen LogP contribution in [0, 0.1) is 5.92 Å². The van der Waals surface area contributed by atoms with E-state index in [0.29, 0.717) is 0 Å². The summed E-state index contributed by atoms with van der Waals surface area (Å²) in [5.74, 6) is 0.886. The first-order valence-electron chi connectivity index (χ1n) is 6.29. The van der Waals surface area contributed by atoms with E-state index in [9.17, 15) is 0 Å². The second-order valence-electron chi connectivity index (χ2n) is 4.76. The van der Waals surface area contributed by atoms with Crippen LogP contribution in [-0.4, -0.2) is 31.6 Å². The van der Waals surface area contributed by atoms with E-state index in [0.717, 1.165) is 12.5 Å². The molecule has 17 heavy (non-hydrogen) atoms. The van der Waals surface area contributed by atoms with Crippen LogP contribution in [0.15, 0.2) is 30.3 Å². The number of hydrogen-bond donors (Lipinski definition) is 1. The zero-order valence-corrected chi connectivity index (χ0v) is 11.4. The Kier molecular flexibility index (Phi) is 6.56. The van der Waals surface area contributed by atoms with Crippen LogP contribution in [0.25, 0.3) is 0 Å². The second kappa shape index (κ2) is 7.70. The molecule has 2 rings (SSSR count). The summed E-state index contributed by atoms with van der Waals surface area (Å²) in [4.78, 5) is 2.57. The molecule has 0 radical (unpaired) electrons. The largest absolute Gasteiger partial charge is 0.319 e. The summed E-state index contributed by atoms with van der Waals surface area (Å²) in [6.45, 7) is 4.80. The Morgan fingerprint density at radius 2 is 1.82 bits per heavy atom. The Labute approximate surface area is 111 Å². The van der Waals surface area contributed by atoms with Gasteiger partial charge in [-0.2, -0.15) is 0 Å². The molecule has 2 nitrogen and oxygen atoms in total. The van der Waals surface area contributed by atoms with Gasteiger partial charge in [-0.3, -0.25) is 4.90 Å². The van der Waals surface area contributed by atoms with Crippen LogP contribution in [0.3, 0.4) is 0 Å². The van der Waals surface area contributed by atoms with Gasteiger partial charge in [0.05, 0.1) is 0 Å². The molecule has 0 bridgehead atoms. The average Bonchev–Trinajstić information content (AvgIpc) is 2.33. The fourth-order valence-electron chi connectivity index (χ4n) is 2.48. The number of halogens is 1. The first-order chi connectivity index (χ1) is 7.88. The molecular formula is C14H23ClN2. The van der Waals surface area contributed by atoms with Gasteiger partial charge in [-0.25, -0.2) is 0 Å².